The van der Waals surface area contributed by atoms with Gasteiger partial charge in [0.2, 0.25) is 5.91 Å². The van der Waals surface area contributed by atoms with E-state index in [1.807, 2.05) is 17.1 Å². The number of rotatable bonds is 5. The fraction of sp³-hybridized carbons (Fsp3) is 0.526. The van der Waals surface area contributed by atoms with Crippen molar-refractivity contribution in [1.82, 2.24) is 34.9 Å². The predicted molar refractivity (Wildman–Crippen MR) is 102 cm³/mol. The molecule has 0 atom stereocenters. The molecule has 1 aliphatic heterocycles. The van der Waals surface area contributed by atoms with Crippen LogP contribution in [-0.4, -0.2) is 74.2 Å². The van der Waals surface area contributed by atoms with Crippen LogP contribution in [0.25, 0.3) is 11.3 Å². The second kappa shape index (κ2) is 7.95. The van der Waals surface area contributed by atoms with Gasteiger partial charge in [-0.15, -0.1) is 0 Å². The van der Waals surface area contributed by atoms with E-state index >= 15 is 0 Å². The zero-order valence-corrected chi connectivity index (χ0v) is 16.0. The third kappa shape index (κ3) is 3.97. The van der Waals surface area contributed by atoms with E-state index in [9.17, 15) is 9.59 Å². The Morgan fingerprint density at radius 2 is 2.00 bits per heavy atom. The number of carbonyl (C=O) groups is 2. The van der Waals surface area contributed by atoms with E-state index < -0.39 is 0 Å². The zero-order valence-electron chi connectivity index (χ0n) is 16.0. The van der Waals surface area contributed by atoms with Crippen molar-refractivity contribution in [2.45, 2.75) is 37.8 Å². The molecule has 0 unspecified atom stereocenters. The van der Waals surface area contributed by atoms with E-state index in [4.69, 9.17) is 0 Å². The molecule has 0 bridgehead atoms. The van der Waals surface area contributed by atoms with Crippen molar-refractivity contribution in [3.63, 3.8) is 0 Å². The van der Waals surface area contributed by atoms with Crippen LogP contribution in [-0.2, 0) is 4.79 Å². The lowest BCUT2D eigenvalue weighted by Crippen LogP contribution is -2.44. The first-order chi connectivity index (χ1) is 13.6. The highest BCUT2D eigenvalue weighted by molar-refractivity contribution is 5.85. The predicted octanol–water partition coefficient (Wildman–Crippen LogP) is 1.31. The molecule has 9 nitrogen and oxygen atoms in total. The van der Waals surface area contributed by atoms with E-state index in [1.165, 1.54) is 0 Å². The van der Waals surface area contributed by atoms with Crippen molar-refractivity contribution < 1.29 is 9.59 Å². The topological polar surface area (TPSA) is 96.2 Å². The van der Waals surface area contributed by atoms with Gasteiger partial charge in [0.25, 0.3) is 0 Å². The van der Waals surface area contributed by atoms with Gasteiger partial charge in [0.05, 0.1) is 24.1 Å². The summed E-state index contributed by atoms with van der Waals surface area (Å²) in [5.74, 6) is -0.0730. The quantitative estimate of drug-likeness (QED) is 0.840. The minimum Gasteiger partial charge on any atom is -0.352 e. The van der Waals surface area contributed by atoms with Crippen molar-refractivity contribution in [1.29, 1.82) is 0 Å². The smallest absolute Gasteiger partial charge is 0.320 e. The van der Waals surface area contributed by atoms with Crippen molar-refractivity contribution >= 4 is 11.9 Å². The maximum atomic E-state index is 12.3. The summed E-state index contributed by atoms with van der Waals surface area (Å²) in [5.41, 5.74) is 1.78. The second-order valence-corrected chi connectivity index (χ2v) is 7.50. The number of likely N-dealkylation sites (N-methyl/N-ethyl adjacent to an activating group) is 1. The first kappa shape index (κ1) is 18.4. The molecule has 1 saturated heterocycles. The largest absolute Gasteiger partial charge is 0.352 e. The number of urea groups is 1. The Morgan fingerprint density at radius 1 is 1.18 bits per heavy atom. The summed E-state index contributed by atoms with van der Waals surface area (Å²) in [6, 6.07) is 0.415. The molecule has 3 heterocycles. The molecule has 0 aromatic carbocycles. The van der Waals surface area contributed by atoms with Crippen LogP contribution >= 0.6 is 0 Å². The van der Waals surface area contributed by atoms with Crippen LogP contribution in [0.1, 0.15) is 31.7 Å². The molecule has 0 spiro atoms. The van der Waals surface area contributed by atoms with Gasteiger partial charge in [-0.2, -0.15) is 5.10 Å². The summed E-state index contributed by atoms with van der Waals surface area (Å²) < 4.78 is 2.00. The van der Waals surface area contributed by atoms with Gasteiger partial charge >= 0.3 is 6.03 Å². The van der Waals surface area contributed by atoms with Crippen LogP contribution in [0.3, 0.4) is 0 Å². The fourth-order valence-corrected chi connectivity index (χ4v) is 3.90. The first-order valence-corrected chi connectivity index (χ1v) is 9.70. The van der Waals surface area contributed by atoms with Crippen molar-refractivity contribution in [3.8, 4) is 11.3 Å². The molecule has 3 amide bonds. The number of nitrogens with one attached hydrogen (secondary N) is 1. The molecule has 4 rings (SSSR count). The third-order valence-electron chi connectivity index (χ3n) is 5.53. The van der Waals surface area contributed by atoms with Crippen molar-refractivity contribution in [2.24, 2.45) is 0 Å². The molecule has 2 fully saturated rings. The summed E-state index contributed by atoms with van der Waals surface area (Å²) in [6.07, 6.45) is 12.6. The van der Waals surface area contributed by atoms with Crippen molar-refractivity contribution in [3.05, 3.63) is 31.0 Å². The van der Waals surface area contributed by atoms with E-state index in [2.05, 4.69) is 20.4 Å². The highest BCUT2D eigenvalue weighted by Gasteiger charge is 2.29. The molecule has 2 aromatic rings. The molecule has 148 valence electrons. The second-order valence-electron chi connectivity index (χ2n) is 7.50. The van der Waals surface area contributed by atoms with Gasteiger partial charge in [-0.1, -0.05) is 0 Å². The maximum Gasteiger partial charge on any atom is 0.320 e. The summed E-state index contributed by atoms with van der Waals surface area (Å²) in [4.78, 5) is 35.8. The van der Waals surface area contributed by atoms with E-state index in [1.54, 1.807) is 35.4 Å². The molecule has 1 aliphatic carbocycles. The molecule has 2 aromatic heterocycles. The first-order valence-electron chi connectivity index (χ1n) is 9.70. The lowest BCUT2D eigenvalue weighted by atomic mass is 9.91. The molecule has 0 radical (unpaired) electrons. The third-order valence-corrected chi connectivity index (χ3v) is 5.53. The number of hydrogen-bond donors (Lipinski definition) is 1. The van der Waals surface area contributed by atoms with Gasteiger partial charge in [-0.3, -0.25) is 19.4 Å². The molecular weight excluding hydrogens is 358 g/mol. The number of nitrogens with zero attached hydrogens (tertiary/aromatic N) is 6. The van der Waals surface area contributed by atoms with Gasteiger partial charge in [-0.25, -0.2) is 4.79 Å². The standard InChI is InChI=1S/C19H25N7O2/c1-24-8-9-25(19(24)28)13-18(27)23-15-2-4-16(5-3-15)26-12-14(10-22-26)17-11-20-6-7-21-17/h6-7,10-12,15-16H,2-5,8-9,13H2,1H3,(H,23,27). The van der Waals surface area contributed by atoms with E-state index in [0.29, 0.717) is 19.1 Å². The Bertz CT molecular complexity index is 830. The monoisotopic (exact) mass is 383 g/mol. The Hall–Kier alpha value is -2.97. The zero-order chi connectivity index (χ0) is 19.5. The number of hydrogen-bond acceptors (Lipinski definition) is 5. The van der Waals surface area contributed by atoms with Crippen LogP contribution in [0, 0.1) is 0 Å². The van der Waals surface area contributed by atoms with Crippen LogP contribution in [0.2, 0.25) is 0 Å². The SMILES string of the molecule is CN1CCN(CC(=O)NC2CCC(n3cc(-c4cnccn4)cn3)CC2)C1=O. The maximum absolute atomic E-state index is 12.3. The molecule has 9 heteroatoms. The number of carbonyl (C=O) groups excluding carboxylic acids is 2. The summed E-state index contributed by atoms with van der Waals surface area (Å²) in [5, 5.41) is 7.58. The van der Waals surface area contributed by atoms with Crippen LogP contribution in [0.4, 0.5) is 4.79 Å². The van der Waals surface area contributed by atoms with Gasteiger partial charge in [0.1, 0.15) is 6.54 Å². The minimum absolute atomic E-state index is 0.0727. The van der Waals surface area contributed by atoms with Gasteiger partial charge < -0.3 is 15.1 Å². The highest BCUT2D eigenvalue weighted by Crippen LogP contribution is 2.29. The molecule has 2 aliphatic rings. The molecular formula is C19H25N7O2. The minimum atomic E-state index is -0.0730. The lowest BCUT2D eigenvalue weighted by molar-refractivity contribution is -0.122. The molecule has 28 heavy (non-hydrogen) atoms. The summed E-state index contributed by atoms with van der Waals surface area (Å²) in [6.45, 7) is 1.43. The highest BCUT2D eigenvalue weighted by atomic mass is 16.2. The molecule has 1 N–H and O–H groups in total. The van der Waals surface area contributed by atoms with Gasteiger partial charge in [0.15, 0.2) is 0 Å². The van der Waals surface area contributed by atoms with Crippen molar-refractivity contribution in [2.75, 3.05) is 26.7 Å². The number of amides is 3. The Kier molecular flexibility index (Phi) is 5.23. The van der Waals surface area contributed by atoms with E-state index in [0.717, 1.165) is 36.9 Å². The molecule has 1 saturated carbocycles. The Labute approximate surface area is 163 Å². The normalized spacial score (nSPS) is 22.5. The van der Waals surface area contributed by atoms with Crippen LogP contribution < -0.4 is 5.32 Å². The van der Waals surface area contributed by atoms with E-state index in [-0.39, 0.29) is 24.5 Å². The average Bonchev–Trinajstić information content (AvgIpc) is 3.32. The average molecular weight is 383 g/mol. The van der Waals surface area contributed by atoms with Gasteiger partial charge in [-0.05, 0) is 25.7 Å². The van der Waals surface area contributed by atoms with Gasteiger partial charge in [0, 0.05) is 50.3 Å². The summed E-state index contributed by atoms with van der Waals surface area (Å²) in [7, 11) is 1.76. The lowest BCUT2D eigenvalue weighted by Gasteiger charge is -2.29. The Morgan fingerprint density at radius 3 is 2.68 bits per heavy atom. The summed E-state index contributed by atoms with van der Waals surface area (Å²) >= 11 is 0. The van der Waals surface area contributed by atoms with Crippen LogP contribution in [0.5, 0.6) is 0 Å². The Balaban J connectivity index is 1.26. The number of aromatic nitrogens is 4. The van der Waals surface area contributed by atoms with Crippen LogP contribution in [0.15, 0.2) is 31.0 Å². The fourth-order valence-electron chi connectivity index (χ4n) is 3.90.